The Balaban J connectivity index is 1.89. The van der Waals surface area contributed by atoms with Crippen molar-refractivity contribution in [1.82, 2.24) is 24.1 Å². The Morgan fingerprint density at radius 2 is 2.08 bits per heavy atom. The highest BCUT2D eigenvalue weighted by molar-refractivity contribution is 7.88. The van der Waals surface area contributed by atoms with Crippen LogP contribution in [0.1, 0.15) is 44.3 Å². The van der Waals surface area contributed by atoms with Crippen LogP contribution in [0.5, 0.6) is 0 Å². The minimum absolute atomic E-state index is 0.0800. The minimum atomic E-state index is -3.17. The van der Waals surface area contributed by atoms with Crippen LogP contribution in [0.4, 0.5) is 0 Å². The number of piperidine rings is 1. The van der Waals surface area contributed by atoms with Crippen molar-refractivity contribution in [2.45, 2.75) is 38.6 Å². The van der Waals surface area contributed by atoms with Crippen LogP contribution in [-0.2, 0) is 10.0 Å². The predicted octanol–water partition coefficient (Wildman–Crippen LogP) is 2.06. The lowest BCUT2D eigenvalue weighted by Gasteiger charge is -2.30. The molecule has 2 aromatic heterocycles. The topological polar surface area (TPSA) is 81.0 Å². The molecule has 0 N–H and O–H groups in total. The molecule has 0 radical (unpaired) electrons. The maximum absolute atomic E-state index is 11.8. The van der Waals surface area contributed by atoms with E-state index in [0.717, 1.165) is 29.9 Å². The van der Waals surface area contributed by atoms with Crippen LogP contribution in [0.2, 0.25) is 0 Å². The zero-order valence-corrected chi connectivity index (χ0v) is 15.1. The van der Waals surface area contributed by atoms with Gasteiger partial charge in [-0.2, -0.15) is 5.10 Å². The smallest absolute Gasteiger partial charge is 0.211 e. The van der Waals surface area contributed by atoms with E-state index in [9.17, 15) is 8.42 Å². The average Bonchev–Trinajstić information content (AvgIpc) is 3.04. The first-order valence-electron chi connectivity index (χ1n) is 8.17. The minimum Gasteiger partial charge on any atom is -0.261 e. The van der Waals surface area contributed by atoms with Gasteiger partial charge in [-0.3, -0.25) is 9.67 Å². The summed E-state index contributed by atoms with van der Waals surface area (Å²) in [5, 5.41) is 4.34. The lowest BCUT2D eigenvalue weighted by molar-refractivity contribution is 0.314. The van der Waals surface area contributed by atoms with Gasteiger partial charge in [0.2, 0.25) is 10.0 Å². The van der Waals surface area contributed by atoms with Crippen molar-refractivity contribution in [2.75, 3.05) is 19.3 Å². The predicted molar refractivity (Wildman–Crippen MR) is 92.0 cm³/mol. The van der Waals surface area contributed by atoms with Gasteiger partial charge in [0.15, 0.2) is 0 Å². The van der Waals surface area contributed by atoms with Gasteiger partial charge < -0.3 is 0 Å². The summed E-state index contributed by atoms with van der Waals surface area (Å²) in [5.41, 5.74) is 2.54. The molecule has 3 rings (SSSR count). The summed E-state index contributed by atoms with van der Waals surface area (Å²) >= 11 is 0. The molecule has 8 heteroatoms. The Kier molecular flexibility index (Phi) is 4.69. The molecule has 24 heavy (non-hydrogen) atoms. The highest BCUT2D eigenvalue weighted by Crippen LogP contribution is 2.28. The second-order valence-corrected chi connectivity index (χ2v) is 8.53. The molecule has 2 aromatic rings. The quantitative estimate of drug-likeness (QED) is 0.844. The molecule has 130 valence electrons. The largest absolute Gasteiger partial charge is 0.261 e. The van der Waals surface area contributed by atoms with E-state index in [1.807, 2.05) is 10.7 Å². The first-order chi connectivity index (χ1) is 11.4. The summed E-state index contributed by atoms with van der Waals surface area (Å²) in [6, 6.07) is 2.16. The summed E-state index contributed by atoms with van der Waals surface area (Å²) in [4.78, 5) is 9.09. The van der Waals surface area contributed by atoms with Gasteiger partial charge in [-0.05, 0) is 32.8 Å². The third kappa shape index (κ3) is 3.49. The van der Waals surface area contributed by atoms with Crippen LogP contribution in [0.3, 0.4) is 0 Å². The molecule has 7 nitrogen and oxygen atoms in total. The molecule has 1 saturated heterocycles. The Morgan fingerprint density at radius 1 is 1.29 bits per heavy atom. The number of hydrogen-bond acceptors (Lipinski definition) is 5. The fourth-order valence-electron chi connectivity index (χ4n) is 3.11. The molecule has 0 aromatic carbocycles. The Morgan fingerprint density at radius 3 is 2.79 bits per heavy atom. The number of nitrogens with zero attached hydrogens (tertiary/aromatic N) is 5. The third-order valence-electron chi connectivity index (χ3n) is 4.35. The SMILES string of the molecule is CC(C)n1nccc1-c1cncc([C@@H]2CCCN(S(C)(=O)=O)C2)n1. The van der Waals surface area contributed by atoms with E-state index >= 15 is 0 Å². The Bertz CT molecular complexity index is 815. The van der Waals surface area contributed by atoms with E-state index in [1.165, 1.54) is 10.6 Å². The fraction of sp³-hybridized carbons (Fsp3) is 0.562. The van der Waals surface area contributed by atoms with E-state index in [4.69, 9.17) is 4.98 Å². The van der Waals surface area contributed by atoms with Crippen molar-refractivity contribution >= 4 is 10.0 Å². The lowest BCUT2D eigenvalue weighted by Crippen LogP contribution is -2.38. The van der Waals surface area contributed by atoms with E-state index in [1.54, 1.807) is 18.6 Å². The van der Waals surface area contributed by atoms with Gasteiger partial charge >= 0.3 is 0 Å². The molecule has 3 heterocycles. The van der Waals surface area contributed by atoms with Gasteiger partial charge in [-0.25, -0.2) is 17.7 Å². The first kappa shape index (κ1) is 17.0. The summed E-state index contributed by atoms with van der Waals surface area (Å²) in [6.45, 7) is 5.20. The molecule has 1 fully saturated rings. The average molecular weight is 349 g/mol. The van der Waals surface area contributed by atoms with Crippen molar-refractivity contribution in [3.05, 3.63) is 30.4 Å². The standard InChI is InChI=1S/C16H23N5O2S/c1-12(2)21-16(6-7-18-21)15-10-17-9-14(19-15)13-5-4-8-20(11-13)24(3,22)23/h6-7,9-10,12-13H,4-5,8,11H2,1-3H3/t13-/m1/s1. The molecule has 0 unspecified atom stereocenters. The van der Waals surface area contributed by atoms with Crippen LogP contribution in [0, 0.1) is 0 Å². The highest BCUT2D eigenvalue weighted by Gasteiger charge is 2.28. The molecule has 0 spiro atoms. The zero-order valence-electron chi connectivity index (χ0n) is 14.3. The van der Waals surface area contributed by atoms with E-state index < -0.39 is 10.0 Å². The third-order valence-corrected chi connectivity index (χ3v) is 5.62. The second-order valence-electron chi connectivity index (χ2n) is 6.54. The van der Waals surface area contributed by atoms with Gasteiger partial charge in [0, 0.05) is 37.4 Å². The molecular weight excluding hydrogens is 326 g/mol. The number of hydrogen-bond donors (Lipinski definition) is 0. The van der Waals surface area contributed by atoms with Crippen LogP contribution in [0.25, 0.3) is 11.4 Å². The summed E-state index contributed by atoms with van der Waals surface area (Å²) < 4.78 is 27.1. The summed E-state index contributed by atoms with van der Waals surface area (Å²) in [6.07, 6.45) is 8.27. The number of rotatable bonds is 4. The van der Waals surface area contributed by atoms with Crippen molar-refractivity contribution in [1.29, 1.82) is 0 Å². The lowest BCUT2D eigenvalue weighted by atomic mass is 9.96. The zero-order chi connectivity index (χ0) is 17.3. The van der Waals surface area contributed by atoms with E-state index in [0.29, 0.717) is 13.1 Å². The molecule has 0 aliphatic carbocycles. The Labute approximate surface area is 142 Å². The molecule has 1 atom stereocenters. The van der Waals surface area contributed by atoms with Crippen molar-refractivity contribution in [2.24, 2.45) is 0 Å². The van der Waals surface area contributed by atoms with Crippen LogP contribution >= 0.6 is 0 Å². The van der Waals surface area contributed by atoms with Gasteiger partial charge in [-0.15, -0.1) is 0 Å². The monoisotopic (exact) mass is 349 g/mol. The molecule has 1 aliphatic rings. The molecule has 0 saturated carbocycles. The second kappa shape index (κ2) is 6.60. The summed E-state index contributed by atoms with van der Waals surface area (Å²) in [5.74, 6) is 0.0800. The fourth-order valence-corrected chi connectivity index (χ4v) is 4.03. The van der Waals surface area contributed by atoms with Gasteiger partial charge in [0.1, 0.15) is 5.69 Å². The molecule has 0 amide bonds. The van der Waals surface area contributed by atoms with Crippen molar-refractivity contribution < 1.29 is 8.42 Å². The van der Waals surface area contributed by atoms with Gasteiger partial charge in [0.25, 0.3) is 0 Å². The Hall–Kier alpha value is -1.80. The number of sulfonamides is 1. The molecular formula is C16H23N5O2S. The van der Waals surface area contributed by atoms with Crippen LogP contribution in [0.15, 0.2) is 24.7 Å². The highest BCUT2D eigenvalue weighted by atomic mass is 32.2. The molecule has 0 bridgehead atoms. The van der Waals surface area contributed by atoms with E-state index in [2.05, 4.69) is 23.9 Å². The normalized spacial score (nSPS) is 19.8. The van der Waals surface area contributed by atoms with E-state index in [-0.39, 0.29) is 12.0 Å². The van der Waals surface area contributed by atoms with Crippen LogP contribution in [-0.4, -0.2) is 51.8 Å². The maximum Gasteiger partial charge on any atom is 0.211 e. The number of aromatic nitrogens is 4. The first-order valence-corrected chi connectivity index (χ1v) is 10.0. The van der Waals surface area contributed by atoms with Gasteiger partial charge in [-0.1, -0.05) is 0 Å². The van der Waals surface area contributed by atoms with Gasteiger partial charge in [0.05, 0.1) is 23.8 Å². The van der Waals surface area contributed by atoms with Crippen molar-refractivity contribution in [3.63, 3.8) is 0 Å². The van der Waals surface area contributed by atoms with Crippen LogP contribution < -0.4 is 0 Å². The maximum atomic E-state index is 11.8. The summed E-state index contributed by atoms with van der Waals surface area (Å²) in [7, 11) is -3.17. The molecule has 1 aliphatic heterocycles. The van der Waals surface area contributed by atoms with Crippen molar-refractivity contribution in [3.8, 4) is 11.4 Å².